The number of rotatable bonds is 9. The number of hydrogen-bond donors (Lipinski definition) is 2. The minimum Gasteiger partial charge on any atom is -0.396 e. The summed E-state index contributed by atoms with van der Waals surface area (Å²) in [6.45, 7) is 10.8. The number of carbonyl (C=O) groups excluding carboxylic acids is 4. The van der Waals surface area contributed by atoms with E-state index in [0.717, 1.165) is 15.4 Å². The maximum absolute atomic E-state index is 14.8. The molecule has 0 fully saturated rings. The highest BCUT2D eigenvalue weighted by atomic mass is 16.3. The van der Waals surface area contributed by atoms with Crippen molar-refractivity contribution in [2.45, 2.75) is 32.7 Å². The van der Waals surface area contributed by atoms with Crippen LogP contribution in [-0.2, 0) is 6.42 Å². The molecule has 0 aromatic heterocycles. The lowest BCUT2D eigenvalue weighted by molar-refractivity contribution is 0.0444. The number of carbonyl (C=O) groups is 4. The average molecular weight is 689 g/mol. The van der Waals surface area contributed by atoms with E-state index in [2.05, 4.69) is 10.9 Å². The van der Waals surface area contributed by atoms with Gasteiger partial charge in [0.25, 0.3) is 23.6 Å². The predicted octanol–water partition coefficient (Wildman–Crippen LogP) is 6.93. The molecule has 7 rings (SSSR count). The number of nitrogens with zero attached hydrogens (tertiary/aromatic N) is 4. The van der Waals surface area contributed by atoms with Crippen LogP contribution in [0, 0.1) is 23.8 Å². The van der Waals surface area contributed by atoms with Gasteiger partial charge in [-0.3, -0.25) is 24.1 Å². The molecule has 52 heavy (non-hydrogen) atoms. The van der Waals surface area contributed by atoms with Crippen molar-refractivity contribution in [3.05, 3.63) is 130 Å². The van der Waals surface area contributed by atoms with E-state index in [1.54, 1.807) is 84.9 Å². The van der Waals surface area contributed by atoms with Gasteiger partial charge < -0.3 is 10.2 Å². The van der Waals surface area contributed by atoms with Crippen LogP contribution in [0.15, 0.2) is 84.9 Å². The average Bonchev–Trinajstić information content (AvgIpc) is 3.16. The lowest BCUT2D eigenvalue weighted by Gasteiger charge is -2.37. The number of hydrogen-bond acceptors (Lipinski definition) is 7. The van der Waals surface area contributed by atoms with Crippen LogP contribution in [0.4, 0.5) is 11.4 Å². The van der Waals surface area contributed by atoms with Gasteiger partial charge in [-0.2, -0.15) is 5.26 Å². The van der Waals surface area contributed by atoms with Crippen LogP contribution in [0.25, 0.3) is 37.9 Å². The number of anilines is 1. The van der Waals surface area contributed by atoms with Crippen molar-refractivity contribution in [3.8, 4) is 28.3 Å². The van der Waals surface area contributed by atoms with E-state index < -0.39 is 36.3 Å². The van der Waals surface area contributed by atoms with Crippen molar-refractivity contribution in [1.82, 2.24) is 4.90 Å². The van der Waals surface area contributed by atoms with Crippen molar-refractivity contribution in [1.29, 1.82) is 5.26 Å². The lowest BCUT2D eigenvalue weighted by atomic mass is 9.78. The Labute approximate surface area is 299 Å². The summed E-state index contributed by atoms with van der Waals surface area (Å²) in [4.78, 5) is 64.4. The number of aliphatic hydroxyl groups is 2. The molecule has 0 bridgehead atoms. The maximum atomic E-state index is 14.8. The highest BCUT2D eigenvalue weighted by molar-refractivity contribution is 6.41. The second-order valence-electron chi connectivity index (χ2n) is 13.3. The Balaban J connectivity index is 1.59. The molecule has 10 nitrogen and oxygen atoms in total. The van der Waals surface area contributed by atoms with Crippen molar-refractivity contribution in [3.63, 3.8) is 0 Å². The second kappa shape index (κ2) is 13.3. The van der Waals surface area contributed by atoms with Crippen molar-refractivity contribution in [2.75, 3.05) is 18.1 Å². The minimum atomic E-state index is -0.849. The summed E-state index contributed by atoms with van der Waals surface area (Å²) in [7, 11) is 0. The Morgan fingerprint density at radius 2 is 1.29 bits per heavy atom. The molecule has 2 heterocycles. The number of aliphatic hydroxyl groups excluding tert-OH is 2. The smallest absolute Gasteiger partial charge is 0.266 e. The van der Waals surface area contributed by atoms with Gasteiger partial charge in [0.1, 0.15) is 0 Å². The Morgan fingerprint density at radius 1 is 0.731 bits per heavy atom. The number of nitriles is 1. The van der Waals surface area contributed by atoms with Crippen molar-refractivity contribution < 1.29 is 29.4 Å². The molecule has 0 aliphatic carbocycles. The summed E-state index contributed by atoms with van der Waals surface area (Å²) in [5, 5.41) is 29.8. The molecule has 0 saturated heterocycles. The summed E-state index contributed by atoms with van der Waals surface area (Å²) in [5.74, 6) is -2.60. The van der Waals surface area contributed by atoms with E-state index in [-0.39, 0.29) is 45.6 Å². The summed E-state index contributed by atoms with van der Waals surface area (Å²) < 4.78 is 0. The van der Waals surface area contributed by atoms with Crippen LogP contribution in [0.3, 0.4) is 0 Å². The topological polar surface area (TPSA) is 143 Å². The van der Waals surface area contributed by atoms with Gasteiger partial charge in [0.05, 0.1) is 47.7 Å². The summed E-state index contributed by atoms with van der Waals surface area (Å²) in [5.41, 5.74) is 3.97. The Bertz CT molecular complexity index is 2400. The molecule has 0 saturated carbocycles. The molecule has 2 aliphatic rings. The summed E-state index contributed by atoms with van der Waals surface area (Å²) in [6.07, 6.45) is 0.727. The first-order chi connectivity index (χ1) is 25.1. The third-order valence-corrected chi connectivity index (χ3v) is 9.68. The van der Waals surface area contributed by atoms with E-state index in [1.165, 1.54) is 0 Å². The Kier molecular flexibility index (Phi) is 8.73. The fraction of sp³-hybridized carbons (Fsp3) is 0.190. The van der Waals surface area contributed by atoms with Gasteiger partial charge in [-0.25, -0.2) is 9.74 Å². The van der Waals surface area contributed by atoms with Crippen LogP contribution >= 0.6 is 0 Å². The molecule has 256 valence electrons. The molecular formula is C42H32N4O6. The zero-order chi connectivity index (χ0) is 36.8. The van der Waals surface area contributed by atoms with Crippen LogP contribution in [0.5, 0.6) is 0 Å². The van der Waals surface area contributed by atoms with Gasteiger partial charge in [0.2, 0.25) is 0 Å². The van der Waals surface area contributed by atoms with Crippen LogP contribution in [0.2, 0.25) is 0 Å². The number of amides is 4. The standard InChI is InChI=1S/C42H32N4O6/c1-23(2)18-30(22-48)46-40(50)34-20-32(27-10-12-28(44-3)13-11-27)37-35-33(39(49)45(41(37)51)29-14-6-24(7-15-29)16-17-47)19-31(38(36(34)35)42(46)52)26-8-4-25(21-43)5-9-26/h4-15,19-20,23,30,47-48H,16-18,22H2,1-2H3. The van der Waals surface area contributed by atoms with Crippen LogP contribution in [0.1, 0.15) is 72.8 Å². The van der Waals surface area contributed by atoms with E-state index in [0.29, 0.717) is 52.0 Å². The van der Waals surface area contributed by atoms with Gasteiger partial charge in [-0.05, 0) is 83.0 Å². The largest absolute Gasteiger partial charge is 0.396 e. The van der Waals surface area contributed by atoms with Crippen molar-refractivity contribution >= 4 is 45.8 Å². The summed E-state index contributed by atoms with van der Waals surface area (Å²) in [6, 6.07) is 24.2. The number of benzene rings is 5. The van der Waals surface area contributed by atoms with E-state index in [4.69, 9.17) is 6.57 Å². The Morgan fingerprint density at radius 3 is 1.81 bits per heavy atom. The fourth-order valence-corrected chi connectivity index (χ4v) is 7.29. The normalized spacial score (nSPS) is 14.2. The quantitative estimate of drug-likeness (QED) is 0.126. The SMILES string of the molecule is [C-]#[N+]c1ccc(-c2cc3c4c(c(-c5ccc(C#N)cc5)cc5c4c2C(=O)N(c2ccc(CCO)cc2)C5=O)C(=O)N(C(CO)CC(C)C)C3=O)cc1. The molecule has 2 aliphatic heterocycles. The molecular weight excluding hydrogens is 656 g/mol. The molecule has 0 spiro atoms. The third kappa shape index (κ3) is 5.42. The van der Waals surface area contributed by atoms with E-state index in [1.807, 2.05) is 13.8 Å². The van der Waals surface area contributed by atoms with Crippen LogP contribution < -0.4 is 4.90 Å². The molecule has 4 amide bonds. The van der Waals surface area contributed by atoms with Gasteiger partial charge in [0.15, 0.2) is 5.69 Å². The number of imide groups is 2. The molecule has 1 atom stereocenters. The van der Waals surface area contributed by atoms with Crippen LogP contribution in [-0.4, -0.2) is 58.0 Å². The highest BCUT2D eigenvalue weighted by Gasteiger charge is 2.45. The zero-order valence-corrected chi connectivity index (χ0v) is 28.4. The maximum Gasteiger partial charge on any atom is 0.266 e. The second-order valence-corrected chi connectivity index (χ2v) is 13.3. The van der Waals surface area contributed by atoms with Gasteiger partial charge in [0, 0.05) is 28.5 Å². The molecule has 1 unspecified atom stereocenters. The predicted molar refractivity (Wildman–Crippen MR) is 195 cm³/mol. The molecule has 5 aromatic carbocycles. The molecule has 10 heteroatoms. The molecule has 5 aromatic rings. The van der Waals surface area contributed by atoms with E-state index in [9.17, 15) is 34.7 Å². The first-order valence-corrected chi connectivity index (χ1v) is 16.8. The first-order valence-electron chi connectivity index (χ1n) is 16.8. The zero-order valence-electron chi connectivity index (χ0n) is 28.4. The van der Waals surface area contributed by atoms with Gasteiger partial charge in [-0.1, -0.05) is 62.4 Å². The molecule has 0 radical (unpaired) electrons. The van der Waals surface area contributed by atoms with E-state index >= 15 is 0 Å². The van der Waals surface area contributed by atoms with Crippen molar-refractivity contribution in [2.24, 2.45) is 5.92 Å². The Hall–Kier alpha value is -6.46. The first kappa shape index (κ1) is 34.0. The monoisotopic (exact) mass is 688 g/mol. The molecule has 2 N–H and O–H groups in total. The van der Waals surface area contributed by atoms with Gasteiger partial charge >= 0.3 is 0 Å². The minimum absolute atomic E-state index is 0.0305. The fourth-order valence-electron chi connectivity index (χ4n) is 7.29. The van der Waals surface area contributed by atoms with Gasteiger partial charge in [-0.15, -0.1) is 0 Å². The highest BCUT2D eigenvalue weighted by Crippen LogP contribution is 2.47. The lowest BCUT2D eigenvalue weighted by Crippen LogP contribution is -2.50. The summed E-state index contributed by atoms with van der Waals surface area (Å²) >= 11 is 0. The third-order valence-electron chi connectivity index (χ3n) is 9.68.